The van der Waals surface area contributed by atoms with Crippen molar-refractivity contribution in [3.05, 3.63) is 44.3 Å². The van der Waals surface area contributed by atoms with Gasteiger partial charge in [-0.1, -0.05) is 43.5 Å². The number of sulfone groups is 1. The molecule has 0 bridgehead atoms. The SMILES string of the molecule is O=S(=O)(Nc1cc(Br)cc(S(=O)(=O)C2CCCO2)c1)c1cc(Br)cc(Cl)c1O. The summed E-state index contributed by atoms with van der Waals surface area (Å²) in [4.78, 5) is -0.529. The summed E-state index contributed by atoms with van der Waals surface area (Å²) in [5.74, 6) is -0.612. The fourth-order valence-electron chi connectivity index (χ4n) is 2.69. The average Bonchev–Trinajstić information content (AvgIpc) is 3.12. The molecule has 0 saturated carbocycles. The Morgan fingerprint density at radius 2 is 1.75 bits per heavy atom. The zero-order valence-electron chi connectivity index (χ0n) is 14.0. The van der Waals surface area contributed by atoms with Crippen molar-refractivity contribution in [1.82, 2.24) is 0 Å². The van der Waals surface area contributed by atoms with Crippen molar-refractivity contribution in [1.29, 1.82) is 0 Å². The summed E-state index contributed by atoms with van der Waals surface area (Å²) in [6.45, 7) is 0.361. The molecule has 28 heavy (non-hydrogen) atoms. The molecular weight excluding hydrogens is 562 g/mol. The standard InChI is InChI=1S/C16H14Br2ClNO6S2/c17-9-4-11(8-12(5-9)27(22,23)15-2-1-3-26-15)20-28(24,25)14-7-10(18)6-13(19)16(14)21/h4-8,15,20-21H,1-3H2. The van der Waals surface area contributed by atoms with Gasteiger partial charge in [0.15, 0.2) is 11.2 Å². The average molecular weight is 576 g/mol. The number of ether oxygens (including phenoxy) is 1. The van der Waals surface area contributed by atoms with Gasteiger partial charge in [-0.25, -0.2) is 16.8 Å². The molecule has 2 aromatic carbocycles. The molecular formula is C16H14Br2ClNO6S2. The van der Waals surface area contributed by atoms with Crippen LogP contribution >= 0.6 is 43.5 Å². The van der Waals surface area contributed by atoms with E-state index in [-0.39, 0.29) is 15.6 Å². The van der Waals surface area contributed by atoms with Crippen LogP contribution in [-0.4, -0.2) is 34.0 Å². The summed E-state index contributed by atoms with van der Waals surface area (Å²) in [6, 6.07) is 6.52. The van der Waals surface area contributed by atoms with Gasteiger partial charge in [0.25, 0.3) is 10.0 Å². The minimum Gasteiger partial charge on any atom is -0.505 e. The number of hydrogen-bond acceptors (Lipinski definition) is 6. The lowest BCUT2D eigenvalue weighted by Crippen LogP contribution is -2.20. The lowest BCUT2D eigenvalue weighted by molar-refractivity contribution is 0.165. The summed E-state index contributed by atoms with van der Waals surface area (Å²) < 4.78 is 59.1. The van der Waals surface area contributed by atoms with Crippen molar-refractivity contribution in [2.24, 2.45) is 0 Å². The number of aromatic hydroxyl groups is 1. The van der Waals surface area contributed by atoms with Gasteiger partial charge in [0.2, 0.25) is 9.84 Å². The van der Waals surface area contributed by atoms with Gasteiger partial charge in [-0.2, -0.15) is 0 Å². The van der Waals surface area contributed by atoms with Gasteiger partial charge in [0, 0.05) is 15.6 Å². The molecule has 0 aliphatic carbocycles. The molecule has 1 saturated heterocycles. The number of hydrogen-bond donors (Lipinski definition) is 2. The third-order valence-electron chi connectivity index (χ3n) is 3.97. The summed E-state index contributed by atoms with van der Waals surface area (Å²) in [5.41, 5.74) is -0.958. The number of rotatable bonds is 5. The molecule has 2 aromatic rings. The second kappa shape index (κ2) is 8.11. The molecule has 1 aliphatic rings. The molecule has 1 atom stereocenters. The van der Waals surface area contributed by atoms with Crippen molar-refractivity contribution >= 4 is 69.0 Å². The van der Waals surface area contributed by atoms with Gasteiger partial charge in [0.05, 0.1) is 15.6 Å². The normalized spacial score (nSPS) is 17.6. The van der Waals surface area contributed by atoms with E-state index in [0.717, 1.165) is 0 Å². The molecule has 0 aromatic heterocycles. The maximum atomic E-state index is 12.7. The Bertz CT molecular complexity index is 1130. The highest BCUT2D eigenvalue weighted by atomic mass is 79.9. The Morgan fingerprint density at radius 3 is 2.39 bits per heavy atom. The second-order valence-corrected chi connectivity index (χ2v) is 12.0. The van der Waals surface area contributed by atoms with Crippen LogP contribution in [0.3, 0.4) is 0 Å². The molecule has 152 valence electrons. The molecule has 3 rings (SSSR count). The van der Waals surface area contributed by atoms with E-state index < -0.39 is 35.9 Å². The quantitative estimate of drug-likeness (QED) is 0.551. The zero-order chi connectivity index (χ0) is 20.7. The molecule has 7 nitrogen and oxygen atoms in total. The third kappa shape index (κ3) is 4.49. The van der Waals surface area contributed by atoms with Gasteiger partial charge in [-0.3, -0.25) is 4.72 Å². The minimum atomic E-state index is -4.25. The first-order valence-corrected chi connectivity index (χ1v) is 12.9. The number of halogens is 3. The summed E-state index contributed by atoms with van der Waals surface area (Å²) >= 11 is 12.2. The minimum absolute atomic E-state index is 0.00134. The van der Waals surface area contributed by atoms with Crippen LogP contribution in [0.4, 0.5) is 5.69 Å². The number of phenolic OH excluding ortho intramolecular Hbond substituents is 1. The first kappa shape index (κ1) is 21.8. The van der Waals surface area contributed by atoms with Crippen LogP contribution < -0.4 is 4.72 Å². The maximum absolute atomic E-state index is 12.7. The lowest BCUT2D eigenvalue weighted by atomic mass is 10.3. The van der Waals surface area contributed by atoms with Gasteiger partial charge in [0.1, 0.15) is 4.90 Å². The molecule has 0 amide bonds. The van der Waals surface area contributed by atoms with Crippen molar-refractivity contribution in [3.63, 3.8) is 0 Å². The third-order valence-corrected chi connectivity index (χ3v) is 8.52. The van der Waals surface area contributed by atoms with Crippen molar-refractivity contribution < 1.29 is 26.7 Å². The van der Waals surface area contributed by atoms with Gasteiger partial charge in [-0.15, -0.1) is 0 Å². The number of phenols is 1. The van der Waals surface area contributed by atoms with Crippen LogP contribution in [0.1, 0.15) is 12.8 Å². The number of nitrogens with one attached hydrogen (secondary N) is 1. The number of anilines is 1. The van der Waals surface area contributed by atoms with Crippen LogP contribution in [0.2, 0.25) is 5.02 Å². The van der Waals surface area contributed by atoms with Crippen LogP contribution in [0, 0.1) is 0 Å². The lowest BCUT2D eigenvalue weighted by Gasteiger charge is -2.15. The molecule has 2 N–H and O–H groups in total. The molecule has 1 fully saturated rings. The Labute approximate surface area is 184 Å². The molecule has 1 aliphatic heterocycles. The van der Waals surface area contributed by atoms with Crippen LogP contribution in [-0.2, 0) is 24.6 Å². The Hall–Kier alpha value is -0.850. The predicted molar refractivity (Wildman–Crippen MR) is 112 cm³/mol. The van der Waals surface area contributed by atoms with E-state index in [1.54, 1.807) is 0 Å². The summed E-state index contributed by atoms with van der Waals surface area (Å²) in [5, 5.41) is 9.88. The number of benzene rings is 2. The van der Waals surface area contributed by atoms with Gasteiger partial charge >= 0.3 is 0 Å². The van der Waals surface area contributed by atoms with Crippen LogP contribution in [0.15, 0.2) is 49.1 Å². The predicted octanol–water partition coefficient (Wildman–Crippen LogP) is 4.28. The van der Waals surface area contributed by atoms with E-state index in [1.165, 1.54) is 30.3 Å². The largest absolute Gasteiger partial charge is 0.505 e. The first-order chi connectivity index (χ1) is 13.0. The number of sulfonamides is 1. The highest BCUT2D eigenvalue weighted by molar-refractivity contribution is 9.10. The van der Waals surface area contributed by atoms with Crippen molar-refractivity contribution in [2.75, 3.05) is 11.3 Å². The fourth-order valence-corrected chi connectivity index (χ4v) is 7.17. The summed E-state index contributed by atoms with van der Waals surface area (Å²) in [7, 11) is -8.04. The van der Waals surface area contributed by atoms with E-state index in [0.29, 0.717) is 28.4 Å². The van der Waals surface area contributed by atoms with E-state index in [2.05, 4.69) is 36.6 Å². The highest BCUT2D eigenvalue weighted by Gasteiger charge is 2.32. The van der Waals surface area contributed by atoms with Crippen LogP contribution in [0.5, 0.6) is 5.75 Å². The van der Waals surface area contributed by atoms with Gasteiger partial charge < -0.3 is 9.84 Å². The Kier molecular flexibility index (Phi) is 6.33. The fraction of sp³-hybridized carbons (Fsp3) is 0.250. The van der Waals surface area contributed by atoms with Crippen molar-refractivity contribution in [3.8, 4) is 5.75 Å². The maximum Gasteiger partial charge on any atom is 0.265 e. The monoisotopic (exact) mass is 573 g/mol. The highest BCUT2D eigenvalue weighted by Crippen LogP contribution is 2.36. The van der Waals surface area contributed by atoms with E-state index in [4.69, 9.17) is 16.3 Å². The second-order valence-electron chi connectivity index (χ2n) is 6.00. The smallest absolute Gasteiger partial charge is 0.265 e. The zero-order valence-corrected chi connectivity index (χ0v) is 19.6. The molecule has 1 heterocycles. The molecule has 0 radical (unpaired) electrons. The van der Waals surface area contributed by atoms with Crippen molar-refractivity contribution in [2.45, 2.75) is 28.1 Å². The first-order valence-electron chi connectivity index (χ1n) is 7.87. The topological polar surface area (TPSA) is 110 Å². The van der Waals surface area contributed by atoms with E-state index >= 15 is 0 Å². The summed E-state index contributed by atoms with van der Waals surface area (Å²) in [6.07, 6.45) is 1.01. The molecule has 0 spiro atoms. The Balaban J connectivity index is 2.00. The van der Waals surface area contributed by atoms with Crippen LogP contribution in [0.25, 0.3) is 0 Å². The molecule has 12 heteroatoms. The van der Waals surface area contributed by atoms with E-state index in [1.807, 2.05) is 0 Å². The molecule has 1 unspecified atom stereocenters. The van der Waals surface area contributed by atoms with Gasteiger partial charge in [-0.05, 0) is 43.2 Å². The Morgan fingerprint density at radius 1 is 1.07 bits per heavy atom. The van der Waals surface area contributed by atoms with E-state index in [9.17, 15) is 21.9 Å².